The van der Waals surface area contributed by atoms with E-state index in [-0.39, 0.29) is 11.8 Å². The fourth-order valence-electron chi connectivity index (χ4n) is 3.19. The molecular formula is C19H24N2O4. The maximum Gasteiger partial charge on any atom is 0.227 e. The molecule has 3 rings (SSSR count). The van der Waals surface area contributed by atoms with E-state index in [1.807, 2.05) is 44.2 Å². The number of benzene rings is 1. The topological polar surface area (TPSA) is 75.8 Å². The number of rotatable bonds is 6. The number of aliphatic hydroxyl groups is 1. The zero-order chi connectivity index (χ0) is 17.8. The molecule has 1 amide bonds. The molecule has 0 saturated carbocycles. The maximum atomic E-state index is 12.5. The van der Waals surface area contributed by atoms with Gasteiger partial charge < -0.3 is 19.3 Å². The van der Waals surface area contributed by atoms with Crippen molar-refractivity contribution in [3.63, 3.8) is 0 Å². The summed E-state index contributed by atoms with van der Waals surface area (Å²) < 4.78 is 10.6. The second kappa shape index (κ2) is 7.70. The highest BCUT2D eigenvalue weighted by Crippen LogP contribution is 2.23. The molecule has 1 aliphatic rings. The monoisotopic (exact) mass is 344 g/mol. The normalized spacial score (nSPS) is 20.0. The average Bonchev–Trinajstić information content (AvgIpc) is 3.16. The molecule has 0 spiro atoms. The molecule has 1 N–H and O–H groups in total. The van der Waals surface area contributed by atoms with E-state index in [4.69, 9.17) is 9.26 Å². The Morgan fingerprint density at radius 1 is 1.36 bits per heavy atom. The molecule has 1 aliphatic heterocycles. The fourth-order valence-corrected chi connectivity index (χ4v) is 3.19. The Bertz CT molecular complexity index is 710. The third-order valence-electron chi connectivity index (χ3n) is 4.49. The van der Waals surface area contributed by atoms with Gasteiger partial charge in [-0.1, -0.05) is 17.3 Å². The molecule has 2 aromatic rings. The zero-order valence-electron chi connectivity index (χ0n) is 14.6. The predicted octanol–water partition coefficient (Wildman–Crippen LogP) is 1.99. The van der Waals surface area contributed by atoms with Crippen LogP contribution in [0.25, 0.3) is 0 Å². The van der Waals surface area contributed by atoms with Crippen LogP contribution in [0.15, 0.2) is 34.9 Å². The summed E-state index contributed by atoms with van der Waals surface area (Å²) in [5, 5.41) is 14.1. The van der Waals surface area contributed by atoms with Crippen LogP contribution in [0.2, 0.25) is 0 Å². The first-order valence-corrected chi connectivity index (χ1v) is 8.65. The Balaban J connectivity index is 1.55. The summed E-state index contributed by atoms with van der Waals surface area (Å²) in [5.74, 6) is 1.57. The minimum atomic E-state index is -0.533. The zero-order valence-corrected chi connectivity index (χ0v) is 14.6. The molecule has 1 saturated heterocycles. The van der Waals surface area contributed by atoms with E-state index in [1.54, 1.807) is 4.90 Å². The lowest BCUT2D eigenvalue weighted by molar-refractivity contribution is -0.129. The summed E-state index contributed by atoms with van der Waals surface area (Å²) in [4.78, 5) is 14.3. The molecule has 2 heterocycles. The van der Waals surface area contributed by atoms with Gasteiger partial charge in [0.1, 0.15) is 11.5 Å². The number of aromatic nitrogens is 1. The predicted molar refractivity (Wildman–Crippen MR) is 92.3 cm³/mol. The number of aliphatic hydroxyl groups excluding tert-OH is 1. The number of aryl methyl sites for hydroxylation is 1. The summed E-state index contributed by atoms with van der Waals surface area (Å²) in [6.07, 6.45) is 0.386. The number of carbonyl (C=O) groups is 1. The minimum Gasteiger partial charge on any atom is -0.494 e. The van der Waals surface area contributed by atoms with Gasteiger partial charge in [0, 0.05) is 31.5 Å². The van der Waals surface area contributed by atoms with Gasteiger partial charge in [-0.2, -0.15) is 0 Å². The second-order valence-corrected chi connectivity index (χ2v) is 6.52. The highest BCUT2D eigenvalue weighted by Gasteiger charge is 2.34. The number of ether oxygens (including phenoxy) is 1. The molecule has 0 radical (unpaired) electrons. The van der Waals surface area contributed by atoms with Gasteiger partial charge in [0.05, 0.1) is 24.8 Å². The first-order valence-electron chi connectivity index (χ1n) is 8.65. The summed E-state index contributed by atoms with van der Waals surface area (Å²) in [5.41, 5.74) is 1.77. The van der Waals surface area contributed by atoms with Crippen molar-refractivity contribution in [3.8, 4) is 5.75 Å². The van der Waals surface area contributed by atoms with E-state index in [1.165, 1.54) is 0 Å². The van der Waals surface area contributed by atoms with Gasteiger partial charge in [-0.3, -0.25) is 4.79 Å². The fraction of sp³-hybridized carbons (Fsp3) is 0.474. The van der Waals surface area contributed by atoms with Crippen LogP contribution in [0.4, 0.5) is 0 Å². The number of nitrogens with zero attached hydrogens (tertiary/aromatic N) is 2. The van der Waals surface area contributed by atoms with E-state index in [0.717, 1.165) is 22.8 Å². The van der Waals surface area contributed by atoms with Crippen LogP contribution >= 0.6 is 0 Å². The molecular weight excluding hydrogens is 320 g/mol. The van der Waals surface area contributed by atoms with E-state index in [9.17, 15) is 9.90 Å². The van der Waals surface area contributed by atoms with Crippen LogP contribution in [-0.2, 0) is 17.6 Å². The lowest BCUT2D eigenvalue weighted by Crippen LogP contribution is -2.31. The number of hydrogen-bond donors (Lipinski definition) is 1. The molecule has 0 bridgehead atoms. The van der Waals surface area contributed by atoms with Gasteiger partial charge >= 0.3 is 0 Å². The van der Waals surface area contributed by atoms with Crippen molar-refractivity contribution in [3.05, 3.63) is 47.3 Å². The van der Waals surface area contributed by atoms with Crippen molar-refractivity contribution < 1.29 is 19.2 Å². The van der Waals surface area contributed by atoms with E-state index >= 15 is 0 Å². The summed E-state index contributed by atoms with van der Waals surface area (Å²) in [7, 11) is 0. The Morgan fingerprint density at radius 3 is 2.76 bits per heavy atom. The van der Waals surface area contributed by atoms with Crippen molar-refractivity contribution in [2.24, 2.45) is 5.92 Å². The molecule has 6 heteroatoms. The number of hydrogen-bond acceptors (Lipinski definition) is 5. The quantitative estimate of drug-likeness (QED) is 0.867. The van der Waals surface area contributed by atoms with Crippen LogP contribution in [0.1, 0.15) is 23.9 Å². The van der Waals surface area contributed by atoms with Crippen LogP contribution in [0.3, 0.4) is 0 Å². The van der Waals surface area contributed by atoms with Crippen LogP contribution in [0.5, 0.6) is 5.75 Å². The van der Waals surface area contributed by atoms with Crippen molar-refractivity contribution in [2.45, 2.75) is 32.8 Å². The first-order chi connectivity index (χ1) is 12.0. The Morgan fingerprint density at radius 2 is 2.12 bits per heavy atom. The smallest absolute Gasteiger partial charge is 0.227 e. The summed E-state index contributed by atoms with van der Waals surface area (Å²) in [6, 6.07) is 9.44. The van der Waals surface area contributed by atoms with Gasteiger partial charge in [-0.15, -0.1) is 0 Å². The summed E-state index contributed by atoms with van der Waals surface area (Å²) in [6.45, 7) is 5.33. The van der Waals surface area contributed by atoms with Crippen molar-refractivity contribution in [2.75, 3.05) is 19.7 Å². The third-order valence-corrected chi connectivity index (χ3v) is 4.49. The standard InChI is InChI=1S/C19H24N2O4/c1-3-24-16-6-4-14(5-7-16)9-19(23)21-11-15(18(22)12-21)10-17-8-13(2)20-25-17/h4-8,15,18,22H,3,9-12H2,1-2H3/t15-,18-/m1/s1. The number of β-amino-alcohol motifs (C(OH)–C–C–N with tert-alkyl or cyclic N) is 1. The van der Waals surface area contributed by atoms with Gasteiger partial charge in [0.25, 0.3) is 0 Å². The Labute approximate surface area is 147 Å². The van der Waals surface area contributed by atoms with Crippen molar-refractivity contribution in [1.82, 2.24) is 10.1 Å². The molecule has 25 heavy (non-hydrogen) atoms. The maximum absolute atomic E-state index is 12.5. The molecule has 1 aromatic carbocycles. The average molecular weight is 344 g/mol. The van der Waals surface area contributed by atoms with E-state index < -0.39 is 6.10 Å². The van der Waals surface area contributed by atoms with Crippen molar-refractivity contribution in [1.29, 1.82) is 0 Å². The molecule has 134 valence electrons. The van der Waals surface area contributed by atoms with Gasteiger partial charge in [0.2, 0.25) is 5.91 Å². The molecule has 0 aliphatic carbocycles. The summed E-state index contributed by atoms with van der Waals surface area (Å²) >= 11 is 0. The second-order valence-electron chi connectivity index (χ2n) is 6.52. The van der Waals surface area contributed by atoms with Crippen molar-refractivity contribution >= 4 is 5.91 Å². The van der Waals surface area contributed by atoms with Gasteiger partial charge in [0.15, 0.2) is 0 Å². The molecule has 1 aromatic heterocycles. The van der Waals surface area contributed by atoms with Gasteiger partial charge in [-0.25, -0.2) is 0 Å². The molecule has 2 atom stereocenters. The lowest BCUT2D eigenvalue weighted by Gasteiger charge is -2.16. The van der Waals surface area contributed by atoms with Crippen LogP contribution < -0.4 is 4.74 Å². The third kappa shape index (κ3) is 4.39. The first kappa shape index (κ1) is 17.5. The van der Waals surface area contributed by atoms with Gasteiger partial charge in [-0.05, 0) is 31.5 Å². The minimum absolute atomic E-state index is 0.0170. The Kier molecular flexibility index (Phi) is 5.38. The highest BCUT2D eigenvalue weighted by atomic mass is 16.5. The number of amides is 1. The SMILES string of the molecule is CCOc1ccc(CC(=O)N2C[C@@H](Cc3cc(C)no3)[C@H](O)C2)cc1. The molecule has 1 fully saturated rings. The van der Waals surface area contributed by atoms with Crippen LogP contribution in [0, 0.1) is 12.8 Å². The van der Waals surface area contributed by atoms with E-state index in [2.05, 4.69) is 5.16 Å². The molecule has 6 nitrogen and oxygen atoms in total. The molecule has 0 unspecified atom stereocenters. The number of likely N-dealkylation sites (tertiary alicyclic amines) is 1. The largest absolute Gasteiger partial charge is 0.494 e. The van der Waals surface area contributed by atoms with Crippen LogP contribution in [-0.4, -0.2) is 46.9 Å². The lowest BCUT2D eigenvalue weighted by atomic mass is 10.0. The number of carbonyl (C=O) groups excluding carboxylic acids is 1. The van der Waals surface area contributed by atoms with E-state index in [0.29, 0.717) is 32.5 Å². The Hall–Kier alpha value is -2.34. The highest BCUT2D eigenvalue weighted by molar-refractivity contribution is 5.79.